The number of benzene rings is 2. The van der Waals surface area contributed by atoms with Crippen LogP contribution in [0.3, 0.4) is 0 Å². The number of rotatable bonds is 6. The molecule has 150 valence electrons. The Morgan fingerprint density at radius 1 is 0.931 bits per heavy atom. The summed E-state index contributed by atoms with van der Waals surface area (Å²) in [7, 11) is 1.66. The van der Waals surface area contributed by atoms with Gasteiger partial charge in [-0.25, -0.2) is 9.37 Å². The standard InChI is InChI=1S/C22H24FN5O/c1-29-20-8-2-17(3-9-20)16-25-21-10-11-24-22(26-21)28-14-12-27(13-15-28)19-6-4-18(23)5-7-19/h2-11H,12-16H2,1H3,(H,24,25,26). The quantitative estimate of drug-likeness (QED) is 0.691. The van der Waals surface area contributed by atoms with E-state index in [1.165, 1.54) is 12.1 Å². The maximum absolute atomic E-state index is 13.1. The van der Waals surface area contributed by atoms with Gasteiger partial charge in [0.15, 0.2) is 0 Å². The Morgan fingerprint density at radius 2 is 1.62 bits per heavy atom. The van der Waals surface area contributed by atoms with Crippen LogP contribution < -0.4 is 19.9 Å². The Hall–Kier alpha value is -3.35. The van der Waals surface area contributed by atoms with Gasteiger partial charge in [0.25, 0.3) is 0 Å². The third-order valence-corrected chi connectivity index (χ3v) is 5.03. The van der Waals surface area contributed by atoms with Crippen molar-refractivity contribution in [2.24, 2.45) is 0 Å². The molecule has 1 saturated heterocycles. The number of aromatic nitrogens is 2. The number of halogens is 1. The first-order valence-electron chi connectivity index (χ1n) is 9.66. The molecule has 1 aliphatic heterocycles. The third kappa shape index (κ3) is 4.74. The molecule has 0 atom stereocenters. The molecule has 0 saturated carbocycles. The second-order valence-electron chi connectivity index (χ2n) is 6.89. The molecule has 1 aliphatic rings. The van der Waals surface area contributed by atoms with Crippen molar-refractivity contribution in [3.63, 3.8) is 0 Å². The first-order valence-corrected chi connectivity index (χ1v) is 9.66. The molecule has 3 aromatic rings. The van der Waals surface area contributed by atoms with Gasteiger partial charge in [-0.2, -0.15) is 4.98 Å². The van der Waals surface area contributed by atoms with Gasteiger partial charge in [-0.15, -0.1) is 0 Å². The summed E-state index contributed by atoms with van der Waals surface area (Å²) in [6.07, 6.45) is 1.78. The van der Waals surface area contributed by atoms with Crippen molar-refractivity contribution in [2.75, 3.05) is 48.4 Å². The van der Waals surface area contributed by atoms with Crippen LogP contribution in [-0.4, -0.2) is 43.3 Å². The van der Waals surface area contributed by atoms with Crippen LogP contribution in [0.1, 0.15) is 5.56 Å². The van der Waals surface area contributed by atoms with Crippen LogP contribution in [0, 0.1) is 5.82 Å². The lowest BCUT2D eigenvalue weighted by Gasteiger charge is -2.36. The summed E-state index contributed by atoms with van der Waals surface area (Å²) in [6.45, 7) is 4.01. The SMILES string of the molecule is COc1ccc(CNc2ccnc(N3CCN(c4ccc(F)cc4)CC3)n2)cc1. The molecular weight excluding hydrogens is 369 g/mol. The van der Waals surface area contributed by atoms with Gasteiger partial charge in [0.2, 0.25) is 5.95 Å². The van der Waals surface area contributed by atoms with Gasteiger partial charge >= 0.3 is 0 Å². The van der Waals surface area contributed by atoms with Gasteiger partial charge in [-0.3, -0.25) is 0 Å². The van der Waals surface area contributed by atoms with E-state index < -0.39 is 0 Å². The Morgan fingerprint density at radius 3 is 2.31 bits per heavy atom. The minimum absolute atomic E-state index is 0.209. The Bertz CT molecular complexity index is 925. The van der Waals surface area contributed by atoms with E-state index >= 15 is 0 Å². The highest BCUT2D eigenvalue weighted by molar-refractivity contribution is 5.49. The normalized spacial score (nSPS) is 14.0. The number of hydrogen-bond donors (Lipinski definition) is 1. The number of ether oxygens (including phenoxy) is 1. The van der Waals surface area contributed by atoms with Crippen LogP contribution in [-0.2, 0) is 6.54 Å². The summed E-state index contributed by atoms with van der Waals surface area (Å²) in [5, 5.41) is 3.35. The molecule has 0 bridgehead atoms. The predicted molar refractivity (Wildman–Crippen MR) is 113 cm³/mol. The average Bonchev–Trinajstić information content (AvgIpc) is 2.79. The highest BCUT2D eigenvalue weighted by Crippen LogP contribution is 2.20. The summed E-state index contributed by atoms with van der Waals surface area (Å²) in [6, 6.07) is 16.5. The molecule has 0 amide bonds. The largest absolute Gasteiger partial charge is 0.497 e. The fraction of sp³-hybridized carbons (Fsp3) is 0.273. The number of piperazine rings is 1. The molecule has 1 aromatic heterocycles. The zero-order valence-corrected chi connectivity index (χ0v) is 16.4. The second kappa shape index (κ2) is 8.77. The van der Waals surface area contributed by atoms with E-state index in [1.54, 1.807) is 13.3 Å². The number of methoxy groups -OCH3 is 1. The molecule has 0 unspecified atom stereocenters. The molecule has 0 aliphatic carbocycles. The monoisotopic (exact) mass is 393 g/mol. The lowest BCUT2D eigenvalue weighted by molar-refractivity contribution is 0.414. The Kier molecular flexibility index (Phi) is 5.74. The molecule has 0 radical (unpaired) electrons. The van der Waals surface area contributed by atoms with Crippen LogP contribution in [0.5, 0.6) is 5.75 Å². The molecule has 4 rings (SSSR count). The average molecular weight is 393 g/mol. The van der Waals surface area contributed by atoms with Gasteiger partial charge in [0, 0.05) is 44.6 Å². The third-order valence-electron chi connectivity index (χ3n) is 5.03. The first-order chi connectivity index (χ1) is 14.2. The highest BCUT2D eigenvalue weighted by atomic mass is 19.1. The van der Waals surface area contributed by atoms with Gasteiger partial charge < -0.3 is 19.9 Å². The van der Waals surface area contributed by atoms with Crippen molar-refractivity contribution in [2.45, 2.75) is 6.54 Å². The lowest BCUT2D eigenvalue weighted by Crippen LogP contribution is -2.47. The molecule has 1 N–H and O–H groups in total. The van der Waals surface area contributed by atoms with Gasteiger partial charge in [-0.1, -0.05) is 12.1 Å². The molecule has 0 spiro atoms. The fourth-order valence-corrected chi connectivity index (χ4v) is 3.35. The van der Waals surface area contributed by atoms with Gasteiger partial charge in [0.05, 0.1) is 7.11 Å². The van der Waals surface area contributed by atoms with Crippen molar-refractivity contribution < 1.29 is 9.13 Å². The van der Waals surface area contributed by atoms with E-state index in [0.717, 1.165) is 54.9 Å². The van der Waals surface area contributed by atoms with Crippen molar-refractivity contribution in [3.8, 4) is 5.75 Å². The summed E-state index contributed by atoms with van der Waals surface area (Å²) in [5.74, 6) is 2.16. The molecule has 6 nitrogen and oxygen atoms in total. The van der Waals surface area contributed by atoms with Crippen molar-refractivity contribution in [1.82, 2.24) is 9.97 Å². The minimum Gasteiger partial charge on any atom is -0.497 e. The maximum Gasteiger partial charge on any atom is 0.227 e. The maximum atomic E-state index is 13.1. The van der Waals surface area contributed by atoms with E-state index in [2.05, 4.69) is 25.1 Å². The Balaban J connectivity index is 1.34. The highest BCUT2D eigenvalue weighted by Gasteiger charge is 2.19. The van der Waals surface area contributed by atoms with Crippen molar-refractivity contribution in [3.05, 3.63) is 72.2 Å². The number of hydrogen-bond acceptors (Lipinski definition) is 6. The number of anilines is 3. The van der Waals surface area contributed by atoms with Crippen LogP contribution in [0.2, 0.25) is 0 Å². The van der Waals surface area contributed by atoms with E-state index in [1.807, 2.05) is 42.5 Å². The summed E-state index contributed by atoms with van der Waals surface area (Å²) >= 11 is 0. The van der Waals surface area contributed by atoms with E-state index in [4.69, 9.17) is 4.74 Å². The fourth-order valence-electron chi connectivity index (χ4n) is 3.35. The molecule has 29 heavy (non-hydrogen) atoms. The molecule has 2 heterocycles. The predicted octanol–water partition coefficient (Wildman–Crippen LogP) is 3.56. The summed E-state index contributed by atoms with van der Waals surface area (Å²) < 4.78 is 18.3. The van der Waals surface area contributed by atoms with E-state index in [0.29, 0.717) is 6.54 Å². The molecule has 7 heteroatoms. The molecular formula is C22H24FN5O. The molecule has 1 fully saturated rings. The van der Waals surface area contributed by atoms with E-state index in [9.17, 15) is 4.39 Å². The van der Waals surface area contributed by atoms with E-state index in [-0.39, 0.29) is 5.82 Å². The van der Waals surface area contributed by atoms with Crippen molar-refractivity contribution in [1.29, 1.82) is 0 Å². The summed E-state index contributed by atoms with van der Waals surface area (Å²) in [4.78, 5) is 13.5. The molecule has 2 aromatic carbocycles. The zero-order valence-electron chi connectivity index (χ0n) is 16.4. The minimum atomic E-state index is -0.209. The van der Waals surface area contributed by atoms with Crippen LogP contribution in [0.25, 0.3) is 0 Å². The van der Waals surface area contributed by atoms with Crippen LogP contribution in [0.15, 0.2) is 60.8 Å². The van der Waals surface area contributed by atoms with Crippen LogP contribution in [0.4, 0.5) is 21.8 Å². The number of nitrogens with one attached hydrogen (secondary N) is 1. The number of nitrogens with zero attached hydrogens (tertiary/aromatic N) is 4. The topological polar surface area (TPSA) is 53.5 Å². The van der Waals surface area contributed by atoms with Crippen LogP contribution >= 0.6 is 0 Å². The summed E-state index contributed by atoms with van der Waals surface area (Å²) in [5.41, 5.74) is 2.20. The smallest absolute Gasteiger partial charge is 0.227 e. The van der Waals surface area contributed by atoms with Crippen molar-refractivity contribution >= 4 is 17.5 Å². The first kappa shape index (κ1) is 19.0. The van der Waals surface area contributed by atoms with Gasteiger partial charge in [-0.05, 0) is 48.0 Å². The Labute approximate surface area is 170 Å². The van der Waals surface area contributed by atoms with Gasteiger partial charge in [0.1, 0.15) is 17.4 Å². The second-order valence-corrected chi connectivity index (χ2v) is 6.89. The lowest BCUT2D eigenvalue weighted by atomic mass is 10.2. The zero-order chi connectivity index (χ0) is 20.1.